The second-order valence-electron chi connectivity index (χ2n) is 5.69. The van der Waals surface area contributed by atoms with E-state index >= 15 is 0 Å². The van der Waals surface area contributed by atoms with Crippen molar-refractivity contribution < 1.29 is 14.4 Å². The molecular weight excluding hydrogens is 286 g/mol. The lowest BCUT2D eigenvalue weighted by molar-refractivity contribution is -0.908. The molecule has 3 heteroatoms. The van der Waals surface area contributed by atoms with Crippen LogP contribution in [0.1, 0.15) is 11.1 Å². The fraction of sp³-hybridized carbons (Fsp3) is 0.300. The van der Waals surface area contributed by atoms with E-state index in [1.807, 2.05) is 24.3 Å². The average Bonchev–Trinajstić information content (AvgIpc) is 2.62. The van der Waals surface area contributed by atoms with Crippen LogP contribution in [0.25, 0.3) is 0 Å². The van der Waals surface area contributed by atoms with Gasteiger partial charge in [0.25, 0.3) is 0 Å². The molecule has 1 heterocycles. The van der Waals surface area contributed by atoms with Gasteiger partial charge in [-0.15, -0.1) is 0 Å². The monoisotopic (exact) mass is 308 g/mol. The number of ether oxygens (including phenoxy) is 2. The number of fused-ring (bicyclic) bond motifs is 1. The molecule has 0 aliphatic carbocycles. The van der Waals surface area contributed by atoms with E-state index < -0.39 is 0 Å². The predicted molar refractivity (Wildman–Crippen MR) is 90.8 cm³/mol. The minimum atomic E-state index is 0.427. The van der Waals surface area contributed by atoms with Crippen LogP contribution in [-0.2, 0) is 13.0 Å². The van der Waals surface area contributed by atoms with Crippen molar-refractivity contribution in [3.63, 3.8) is 0 Å². The third kappa shape index (κ3) is 4.28. The molecule has 2 aromatic carbocycles. The molecule has 0 amide bonds. The molecule has 3 rings (SSSR count). The molecule has 118 valence electrons. The summed E-state index contributed by atoms with van der Waals surface area (Å²) in [5, 5.41) is 0. The van der Waals surface area contributed by atoms with Crippen LogP contribution in [0.4, 0.5) is 0 Å². The molecule has 0 bridgehead atoms. The fourth-order valence-corrected chi connectivity index (χ4v) is 2.82. The molecule has 1 aliphatic heterocycles. The Hall–Kier alpha value is -2.44. The summed E-state index contributed by atoms with van der Waals surface area (Å²) in [6.45, 7) is 3.53. The highest BCUT2D eigenvalue weighted by Crippen LogP contribution is 2.16. The smallest absolute Gasteiger partial charge is 0.149 e. The molecule has 1 unspecified atom stereocenters. The van der Waals surface area contributed by atoms with Gasteiger partial charge in [0.05, 0.1) is 13.7 Å². The summed E-state index contributed by atoms with van der Waals surface area (Å²) in [6.07, 6.45) is 1.15. The second kappa shape index (κ2) is 7.71. The maximum Gasteiger partial charge on any atom is 0.149 e. The average molecular weight is 308 g/mol. The molecule has 1 atom stereocenters. The number of hydrogen-bond acceptors (Lipinski definition) is 2. The fourth-order valence-electron chi connectivity index (χ4n) is 2.82. The van der Waals surface area contributed by atoms with E-state index in [4.69, 9.17) is 9.47 Å². The lowest BCUT2D eigenvalue weighted by atomic mass is 10.0. The van der Waals surface area contributed by atoms with Crippen molar-refractivity contribution in [1.82, 2.24) is 0 Å². The first-order valence-corrected chi connectivity index (χ1v) is 7.98. The summed E-state index contributed by atoms with van der Waals surface area (Å²) in [7, 11) is 1.66. The Bertz CT molecular complexity index is 698. The molecule has 3 nitrogen and oxygen atoms in total. The zero-order valence-corrected chi connectivity index (χ0v) is 13.5. The van der Waals surface area contributed by atoms with Crippen LogP contribution in [0.2, 0.25) is 0 Å². The first-order chi connectivity index (χ1) is 11.3. The summed E-state index contributed by atoms with van der Waals surface area (Å²) < 4.78 is 10.7. The number of quaternary nitrogens is 1. The Morgan fingerprint density at radius 2 is 1.70 bits per heavy atom. The van der Waals surface area contributed by atoms with Gasteiger partial charge in [-0.2, -0.15) is 0 Å². The van der Waals surface area contributed by atoms with Crippen LogP contribution in [0.3, 0.4) is 0 Å². The van der Waals surface area contributed by atoms with Crippen LogP contribution in [0, 0.1) is 11.8 Å². The highest BCUT2D eigenvalue weighted by molar-refractivity contribution is 5.31. The third-order valence-electron chi connectivity index (χ3n) is 4.14. The van der Waals surface area contributed by atoms with Crippen molar-refractivity contribution in [2.75, 3.05) is 26.8 Å². The summed E-state index contributed by atoms with van der Waals surface area (Å²) >= 11 is 0. The number of methoxy groups -OCH3 is 1. The summed E-state index contributed by atoms with van der Waals surface area (Å²) in [5.41, 5.74) is 2.96. The second-order valence-corrected chi connectivity index (χ2v) is 5.69. The zero-order chi connectivity index (χ0) is 15.9. The minimum absolute atomic E-state index is 0.427. The van der Waals surface area contributed by atoms with Gasteiger partial charge in [-0.3, -0.25) is 0 Å². The molecule has 0 aromatic heterocycles. The van der Waals surface area contributed by atoms with Crippen molar-refractivity contribution in [1.29, 1.82) is 0 Å². The van der Waals surface area contributed by atoms with Crippen molar-refractivity contribution in [2.24, 2.45) is 0 Å². The van der Waals surface area contributed by atoms with E-state index in [0.29, 0.717) is 6.61 Å². The van der Waals surface area contributed by atoms with Crippen LogP contribution < -0.4 is 14.4 Å². The van der Waals surface area contributed by atoms with Crippen LogP contribution in [0.15, 0.2) is 48.5 Å². The first kappa shape index (κ1) is 15.5. The predicted octanol–water partition coefficient (Wildman–Crippen LogP) is 1.72. The Balaban J connectivity index is 1.44. The van der Waals surface area contributed by atoms with E-state index in [1.54, 1.807) is 7.11 Å². The highest BCUT2D eigenvalue weighted by Gasteiger charge is 2.17. The largest absolute Gasteiger partial charge is 0.497 e. The molecule has 0 saturated heterocycles. The van der Waals surface area contributed by atoms with E-state index in [0.717, 1.165) is 37.6 Å². The van der Waals surface area contributed by atoms with E-state index in [9.17, 15) is 0 Å². The molecule has 1 aliphatic rings. The third-order valence-corrected chi connectivity index (χ3v) is 4.14. The Labute approximate surface area is 137 Å². The molecule has 0 radical (unpaired) electrons. The maximum atomic E-state index is 5.61. The lowest BCUT2D eigenvalue weighted by Crippen LogP contribution is -3.11. The van der Waals surface area contributed by atoms with Gasteiger partial charge >= 0.3 is 0 Å². The van der Waals surface area contributed by atoms with Gasteiger partial charge in [-0.25, -0.2) is 0 Å². The molecule has 23 heavy (non-hydrogen) atoms. The van der Waals surface area contributed by atoms with E-state index in [-0.39, 0.29) is 0 Å². The van der Waals surface area contributed by atoms with Crippen LogP contribution in [-0.4, -0.2) is 26.8 Å². The standard InChI is InChI=1S/C20H21NO2/c1-22-19-8-10-20(11-9-19)23-15-5-4-13-21-14-12-17-6-2-3-7-18(17)16-21/h2-3,6-11H,12-16H2,1H3/p+1. The molecule has 0 saturated carbocycles. The van der Waals surface area contributed by atoms with Crippen molar-refractivity contribution in [3.8, 4) is 23.3 Å². The number of benzene rings is 2. The SMILES string of the molecule is COc1ccc(OCC#CC[NH+]2CCc3ccccc3C2)cc1. The van der Waals surface area contributed by atoms with Gasteiger partial charge in [0.1, 0.15) is 31.2 Å². The van der Waals surface area contributed by atoms with E-state index in [1.165, 1.54) is 16.0 Å². The van der Waals surface area contributed by atoms with Gasteiger partial charge in [0.2, 0.25) is 0 Å². The van der Waals surface area contributed by atoms with Gasteiger partial charge < -0.3 is 14.4 Å². The Kier molecular flexibility index (Phi) is 5.18. The normalized spacial score (nSPS) is 16.0. The van der Waals surface area contributed by atoms with Gasteiger partial charge in [0.15, 0.2) is 0 Å². The summed E-state index contributed by atoms with van der Waals surface area (Å²) in [4.78, 5) is 1.53. The molecule has 2 aromatic rings. The van der Waals surface area contributed by atoms with Crippen molar-refractivity contribution in [2.45, 2.75) is 13.0 Å². The molecule has 0 spiro atoms. The number of rotatable bonds is 4. The minimum Gasteiger partial charge on any atom is -0.497 e. The first-order valence-electron chi connectivity index (χ1n) is 7.98. The van der Waals surface area contributed by atoms with Crippen LogP contribution >= 0.6 is 0 Å². The lowest BCUT2D eigenvalue weighted by Gasteiger charge is -2.24. The number of hydrogen-bond donors (Lipinski definition) is 1. The zero-order valence-electron chi connectivity index (χ0n) is 13.5. The van der Waals surface area contributed by atoms with Gasteiger partial charge in [0, 0.05) is 12.0 Å². The van der Waals surface area contributed by atoms with Crippen LogP contribution in [0.5, 0.6) is 11.5 Å². The summed E-state index contributed by atoms with van der Waals surface area (Å²) in [5.74, 6) is 8.00. The topological polar surface area (TPSA) is 22.9 Å². The Morgan fingerprint density at radius 1 is 0.957 bits per heavy atom. The van der Waals surface area contributed by atoms with Crippen molar-refractivity contribution in [3.05, 3.63) is 59.7 Å². The Morgan fingerprint density at radius 3 is 2.48 bits per heavy atom. The van der Waals surface area contributed by atoms with Gasteiger partial charge in [-0.05, 0) is 35.7 Å². The van der Waals surface area contributed by atoms with Gasteiger partial charge in [-0.1, -0.05) is 30.2 Å². The number of nitrogens with one attached hydrogen (secondary N) is 1. The molecule has 1 N–H and O–H groups in total. The highest BCUT2D eigenvalue weighted by atomic mass is 16.5. The molecule has 0 fully saturated rings. The maximum absolute atomic E-state index is 5.61. The quantitative estimate of drug-likeness (QED) is 0.869. The van der Waals surface area contributed by atoms with Crippen molar-refractivity contribution >= 4 is 0 Å². The molecular formula is C20H22NO2+. The van der Waals surface area contributed by atoms with E-state index in [2.05, 4.69) is 36.1 Å². The summed E-state index contributed by atoms with van der Waals surface area (Å²) in [6, 6.07) is 16.3.